The number of pyridine rings is 1. The number of ether oxygens (including phenoxy) is 1. The molecule has 1 atom stereocenters. The van der Waals surface area contributed by atoms with Crippen molar-refractivity contribution in [2.75, 3.05) is 32.8 Å². The Hall–Kier alpha value is -3.19. The van der Waals surface area contributed by atoms with Crippen molar-refractivity contribution in [2.45, 2.75) is 46.6 Å². The van der Waals surface area contributed by atoms with Crippen molar-refractivity contribution in [1.29, 1.82) is 0 Å². The number of unbranched alkanes of at least 4 members (excludes halogenated alkanes) is 1. The van der Waals surface area contributed by atoms with Crippen LogP contribution in [0.5, 0.6) is 5.75 Å². The van der Waals surface area contributed by atoms with E-state index >= 15 is 0 Å². The molecule has 0 aliphatic carbocycles. The molecule has 1 saturated heterocycles. The lowest BCUT2D eigenvalue weighted by Crippen LogP contribution is -2.38. The van der Waals surface area contributed by atoms with Crippen LogP contribution in [0.1, 0.15) is 56.3 Å². The van der Waals surface area contributed by atoms with Crippen molar-refractivity contribution in [3.63, 3.8) is 0 Å². The van der Waals surface area contributed by atoms with Gasteiger partial charge in [-0.05, 0) is 67.9 Å². The molecule has 0 spiro atoms. The Morgan fingerprint density at radius 1 is 1.12 bits per heavy atom. The van der Waals surface area contributed by atoms with E-state index in [0.29, 0.717) is 25.3 Å². The molecule has 1 aliphatic heterocycles. The number of rotatable bonds is 11. The van der Waals surface area contributed by atoms with Gasteiger partial charge in [-0.1, -0.05) is 27.2 Å². The summed E-state index contributed by atoms with van der Waals surface area (Å²) < 4.78 is 5.82. The van der Waals surface area contributed by atoms with Crippen LogP contribution in [0, 0.1) is 6.92 Å². The highest BCUT2D eigenvalue weighted by molar-refractivity contribution is 6.46. The first kappa shape index (κ1) is 25.4. The molecule has 7 heteroatoms. The fraction of sp³-hybridized carbons (Fsp3) is 0.444. The first-order chi connectivity index (χ1) is 16.4. The lowest BCUT2D eigenvalue weighted by Gasteiger charge is -2.28. The molecule has 1 N–H and O–H groups in total. The maximum absolute atomic E-state index is 13.2. The van der Waals surface area contributed by atoms with E-state index in [4.69, 9.17) is 4.74 Å². The second-order valence-corrected chi connectivity index (χ2v) is 8.48. The van der Waals surface area contributed by atoms with Gasteiger partial charge in [0.1, 0.15) is 11.5 Å². The van der Waals surface area contributed by atoms with Crippen molar-refractivity contribution in [3.8, 4) is 5.75 Å². The summed E-state index contributed by atoms with van der Waals surface area (Å²) >= 11 is 0. The maximum Gasteiger partial charge on any atom is 0.295 e. The minimum atomic E-state index is -0.667. The van der Waals surface area contributed by atoms with Gasteiger partial charge in [-0.2, -0.15) is 0 Å². The second-order valence-electron chi connectivity index (χ2n) is 8.48. The third-order valence-electron chi connectivity index (χ3n) is 6.32. The van der Waals surface area contributed by atoms with E-state index in [0.717, 1.165) is 42.8 Å². The summed E-state index contributed by atoms with van der Waals surface area (Å²) in [7, 11) is 0. The minimum absolute atomic E-state index is 0.106. The molecule has 2 aromatic rings. The minimum Gasteiger partial charge on any atom is -0.507 e. The maximum atomic E-state index is 13.2. The quantitative estimate of drug-likeness (QED) is 0.230. The van der Waals surface area contributed by atoms with Crippen LogP contribution in [-0.4, -0.2) is 64.4 Å². The van der Waals surface area contributed by atoms with E-state index in [-0.39, 0.29) is 11.3 Å². The molecule has 0 saturated carbocycles. The zero-order valence-electron chi connectivity index (χ0n) is 20.6. The Balaban J connectivity index is 2.00. The van der Waals surface area contributed by atoms with Crippen molar-refractivity contribution in [3.05, 3.63) is 65.0 Å². The van der Waals surface area contributed by atoms with Crippen LogP contribution in [0.15, 0.2) is 48.3 Å². The number of amides is 1. The molecule has 1 unspecified atom stereocenters. The fourth-order valence-electron chi connectivity index (χ4n) is 4.23. The van der Waals surface area contributed by atoms with E-state index in [2.05, 4.69) is 30.7 Å². The Morgan fingerprint density at radius 3 is 2.44 bits per heavy atom. The van der Waals surface area contributed by atoms with Gasteiger partial charge in [0, 0.05) is 31.0 Å². The summed E-state index contributed by atoms with van der Waals surface area (Å²) in [4.78, 5) is 34.1. The average Bonchev–Trinajstić information content (AvgIpc) is 3.10. The van der Waals surface area contributed by atoms with Crippen LogP contribution < -0.4 is 4.74 Å². The largest absolute Gasteiger partial charge is 0.507 e. The lowest BCUT2D eigenvalue weighted by molar-refractivity contribution is -0.140. The van der Waals surface area contributed by atoms with Gasteiger partial charge in [0.15, 0.2) is 0 Å². The van der Waals surface area contributed by atoms with E-state index in [9.17, 15) is 14.7 Å². The molecule has 1 aromatic heterocycles. The molecule has 2 heterocycles. The molecule has 0 bridgehead atoms. The van der Waals surface area contributed by atoms with Gasteiger partial charge in [0.25, 0.3) is 11.7 Å². The number of ketones is 1. The topological polar surface area (TPSA) is 83.0 Å². The number of aryl methyl sites for hydroxylation is 1. The van der Waals surface area contributed by atoms with Crippen molar-refractivity contribution in [2.24, 2.45) is 0 Å². The zero-order chi connectivity index (χ0) is 24.7. The molecular formula is C27H35N3O4. The number of Topliss-reactive ketones (excluding diaryl/α,β-unsaturated/α-hetero) is 1. The number of likely N-dealkylation sites (N-methyl/N-ethyl adjacent to an activating group) is 1. The van der Waals surface area contributed by atoms with Crippen molar-refractivity contribution >= 4 is 17.4 Å². The molecule has 1 fully saturated rings. The van der Waals surface area contributed by atoms with Crippen LogP contribution >= 0.6 is 0 Å². The first-order valence-electron chi connectivity index (χ1n) is 12.1. The number of hydrogen-bond donors (Lipinski definition) is 1. The number of nitrogens with zero attached hydrogens (tertiary/aromatic N) is 3. The summed E-state index contributed by atoms with van der Waals surface area (Å²) in [6.45, 7) is 11.5. The van der Waals surface area contributed by atoms with Gasteiger partial charge in [0.2, 0.25) is 0 Å². The smallest absolute Gasteiger partial charge is 0.295 e. The van der Waals surface area contributed by atoms with Gasteiger partial charge >= 0.3 is 0 Å². The molecule has 3 rings (SSSR count). The molecule has 0 radical (unpaired) electrons. The number of carbonyl (C=O) groups excluding carboxylic acids is 2. The molecule has 1 aliphatic rings. The van der Waals surface area contributed by atoms with E-state index < -0.39 is 17.7 Å². The lowest BCUT2D eigenvalue weighted by atomic mass is 9.95. The normalized spacial score (nSPS) is 17.6. The number of aromatic nitrogens is 1. The van der Waals surface area contributed by atoms with Crippen LogP contribution in [0.4, 0.5) is 0 Å². The van der Waals surface area contributed by atoms with Crippen LogP contribution in [0.3, 0.4) is 0 Å². The highest BCUT2D eigenvalue weighted by atomic mass is 16.5. The van der Waals surface area contributed by atoms with Gasteiger partial charge in [-0.15, -0.1) is 0 Å². The van der Waals surface area contributed by atoms with E-state index in [1.54, 1.807) is 47.6 Å². The van der Waals surface area contributed by atoms with Gasteiger partial charge in [0.05, 0.1) is 18.2 Å². The third kappa shape index (κ3) is 5.47. The molecule has 1 aromatic carbocycles. The Kier molecular flexibility index (Phi) is 8.82. The van der Waals surface area contributed by atoms with Gasteiger partial charge in [-0.25, -0.2) is 0 Å². The van der Waals surface area contributed by atoms with Gasteiger partial charge < -0.3 is 19.6 Å². The van der Waals surface area contributed by atoms with Crippen LogP contribution in [-0.2, 0) is 9.59 Å². The number of likely N-dealkylation sites (tertiary alicyclic amines) is 1. The predicted octanol–water partition coefficient (Wildman–Crippen LogP) is 4.33. The Labute approximate surface area is 202 Å². The Morgan fingerprint density at radius 2 is 1.82 bits per heavy atom. The van der Waals surface area contributed by atoms with Gasteiger partial charge in [-0.3, -0.25) is 14.6 Å². The highest BCUT2D eigenvalue weighted by Gasteiger charge is 2.46. The van der Waals surface area contributed by atoms with Crippen LogP contribution in [0.25, 0.3) is 5.76 Å². The zero-order valence-corrected chi connectivity index (χ0v) is 20.6. The Bertz CT molecular complexity index is 1030. The molecule has 34 heavy (non-hydrogen) atoms. The molecular weight excluding hydrogens is 430 g/mol. The number of aliphatic hydroxyl groups is 1. The highest BCUT2D eigenvalue weighted by Crippen LogP contribution is 2.39. The van der Waals surface area contributed by atoms with E-state index in [1.807, 2.05) is 6.92 Å². The predicted molar refractivity (Wildman–Crippen MR) is 133 cm³/mol. The summed E-state index contributed by atoms with van der Waals surface area (Å²) in [6.07, 6.45) is 5.27. The molecule has 7 nitrogen and oxygen atoms in total. The number of benzene rings is 1. The van der Waals surface area contributed by atoms with Crippen molar-refractivity contribution in [1.82, 2.24) is 14.8 Å². The number of hydrogen-bond acceptors (Lipinski definition) is 6. The SMILES string of the molecule is CCCCOc1ccc(/C(O)=C2/C(=O)C(=O)N(CCN(CC)CC)C2c2ccncc2)cc1C. The monoisotopic (exact) mass is 465 g/mol. The second kappa shape index (κ2) is 11.8. The first-order valence-corrected chi connectivity index (χ1v) is 12.1. The summed E-state index contributed by atoms with van der Waals surface area (Å²) in [5.41, 5.74) is 2.19. The van der Waals surface area contributed by atoms with E-state index in [1.165, 1.54) is 0 Å². The molecule has 1 amide bonds. The summed E-state index contributed by atoms with van der Waals surface area (Å²) in [6, 6.07) is 8.23. The number of carbonyl (C=O) groups is 2. The molecule has 182 valence electrons. The summed E-state index contributed by atoms with van der Waals surface area (Å²) in [5.74, 6) is -0.685. The fourth-order valence-corrected chi connectivity index (χ4v) is 4.23. The summed E-state index contributed by atoms with van der Waals surface area (Å²) in [5, 5.41) is 11.3. The van der Waals surface area contributed by atoms with Crippen molar-refractivity contribution < 1.29 is 19.4 Å². The van der Waals surface area contributed by atoms with Crippen LogP contribution in [0.2, 0.25) is 0 Å². The standard InChI is InChI=1S/C27H35N3O4/c1-5-8-17-34-22-10-9-21(18-19(22)4)25(31)23-24(20-11-13-28-14-12-20)30(27(33)26(23)32)16-15-29(6-2)7-3/h9-14,18,24,31H,5-8,15-17H2,1-4H3/b25-23-. The third-order valence-corrected chi connectivity index (χ3v) is 6.32. The average molecular weight is 466 g/mol. The number of aliphatic hydroxyl groups excluding tert-OH is 1.